The lowest BCUT2D eigenvalue weighted by molar-refractivity contribution is -0.125. The van der Waals surface area contributed by atoms with Gasteiger partial charge in [-0.25, -0.2) is 0 Å². The van der Waals surface area contributed by atoms with E-state index in [9.17, 15) is 24.9 Å². The van der Waals surface area contributed by atoms with Crippen LogP contribution in [-0.4, -0.2) is 52.2 Å². The Morgan fingerprint density at radius 3 is 2.53 bits per heavy atom. The zero-order valence-corrected chi connectivity index (χ0v) is 18.0. The normalized spacial score (nSPS) is 27.0. The third kappa shape index (κ3) is 3.02. The van der Waals surface area contributed by atoms with Gasteiger partial charge in [0.25, 0.3) is 0 Å². The third-order valence-electron chi connectivity index (χ3n) is 6.08. The number of hydrogen-bond donors (Lipinski definition) is 4. The quantitative estimate of drug-likeness (QED) is 0.503. The second kappa shape index (κ2) is 7.55. The van der Waals surface area contributed by atoms with Gasteiger partial charge in [0, 0.05) is 32.5 Å². The number of fused-ring (bicyclic) bond motifs is 2. The molecule has 1 aromatic heterocycles. The van der Waals surface area contributed by atoms with Crippen molar-refractivity contribution in [3.05, 3.63) is 49.7 Å². The summed E-state index contributed by atoms with van der Waals surface area (Å²) in [5, 5.41) is 34.4. The first-order valence-corrected chi connectivity index (χ1v) is 10.8. The summed E-state index contributed by atoms with van der Waals surface area (Å²) in [7, 11) is 1.75. The Bertz CT molecular complexity index is 1040. The van der Waals surface area contributed by atoms with E-state index in [1.807, 2.05) is 0 Å². The number of likely N-dealkylation sites (N-methyl/N-ethyl adjacent to an activating group) is 1. The van der Waals surface area contributed by atoms with Gasteiger partial charge in [-0.15, -0.1) is 11.3 Å². The van der Waals surface area contributed by atoms with Gasteiger partial charge in [0.15, 0.2) is 11.6 Å². The number of hydrogen-bond acceptors (Lipinski definition) is 8. The van der Waals surface area contributed by atoms with Gasteiger partial charge in [0.1, 0.15) is 5.75 Å². The second-order valence-electron chi connectivity index (χ2n) is 7.98. The molecule has 1 aliphatic heterocycles. The maximum atomic E-state index is 13.3. The molecule has 0 radical (unpaired) electrons. The average Bonchev–Trinajstić information content (AvgIpc) is 3.06. The highest BCUT2D eigenvalue weighted by Crippen LogP contribution is 2.45. The number of thiophene rings is 1. The summed E-state index contributed by atoms with van der Waals surface area (Å²) in [6.07, 6.45) is -2.15. The van der Waals surface area contributed by atoms with E-state index in [4.69, 9.17) is 4.74 Å². The van der Waals surface area contributed by atoms with Crippen LogP contribution in [-0.2, 0) is 4.74 Å². The lowest BCUT2D eigenvalue weighted by Crippen LogP contribution is -2.50. The van der Waals surface area contributed by atoms with E-state index < -0.39 is 30.2 Å². The topological polar surface area (TPSA) is 116 Å². The van der Waals surface area contributed by atoms with Crippen LogP contribution in [0.3, 0.4) is 0 Å². The van der Waals surface area contributed by atoms with Crippen molar-refractivity contribution < 1.29 is 29.6 Å². The molecule has 160 valence electrons. The molecule has 0 spiro atoms. The Balaban J connectivity index is 1.81. The number of aliphatic hydroxyl groups excluding tert-OH is 2. The largest absolute Gasteiger partial charge is 0.507 e. The minimum atomic E-state index is -0.870. The average molecular weight is 432 g/mol. The molecule has 7 nitrogen and oxygen atoms in total. The Labute approximate surface area is 178 Å². The maximum absolute atomic E-state index is 13.3. The zero-order valence-electron chi connectivity index (χ0n) is 17.2. The smallest absolute Gasteiger partial charge is 0.199 e. The molecule has 1 aromatic carbocycles. The van der Waals surface area contributed by atoms with Gasteiger partial charge in [-0.05, 0) is 40.3 Å². The van der Waals surface area contributed by atoms with Gasteiger partial charge >= 0.3 is 0 Å². The Morgan fingerprint density at radius 1 is 1.20 bits per heavy atom. The highest BCUT2D eigenvalue weighted by molar-refractivity contribution is 7.13. The molecule has 30 heavy (non-hydrogen) atoms. The van der Waals surface area contributed by atoms with E-state index >= 15 is 0 Å². The number of benzene rings is 1. The molecular formula is C22H25NO6S. The van der Waals surface area contributed by atoms with Crippen LogP contribution in [0.5, 0.6) is 5.75 Å². The van der Waals surface area contributed by atoms with Gasteiger partial charge in [0.2, 0.25) is 0 Å². The molecule has 1 aliphatic carbocycles. The minimum absolute atomic E-state index is 0.0218. The number of carbonyl (C=O) groups is 2. The molecule has 0 saturated carbocycles. The fourth-order valence-electron chi connectivity index (χ4n) is 4.49. The number of ketones is 2. The SMILES string of the molecule is CN[C@@H]1C[C@H](c2ccc3c(c2O)C(=O)c2c(C)sc([C@@H](C)O)c2C3=O)O[C@H](C)[C@H]1O. The van der Waals surface area contributed by atoms with Gasteiger partial charge in [-0.1, -0.05) is 6.07 Å². The van der Waals surface area contributed by atoms with Crippen molar-refractivity contribution in [2.24, 2.45) is 0 Å². The third-order valence-corrected chi connectivity index (χ3v) is 7.36. The summed E-state index contributed by atoms with van der Waals surface area (Å²) in [5.41, 5.74) is 1.01. The highest BCUT2D eigenvalue weighted by atomic mass is 32.1. The van der Waals surface area contributed by atoms with Crippen LogP contribution in [0.1, 0.15) is 79.6 Å². The molecule has 4 N–H and O–H groups in total. The van der Waals surface area contributed by atoms with E-state index in [0.717, 1.165) is 0 Å². The minimum Gasteiger partial charge on any atom is -0.507 e. The standard InChI is InChI=1S/C22H25NO6S/c1-8(24)22-17-15(10(3)30-22)21(28)16-12(20(17)27)6-5-11(19(16)26)14-7-13(23-4)18(25)9(2)29-14/h5-6,8-9,13-14,18,23-26H,7H2,1-4H3/t8-,9-,13-,14-,18-/m1/s1. The lowest BCUT2D eigenvalue weighted by Gasteiger charge is -2.38. The summed E-state index contributed by atoms with van der Waals surface area (Å²) >= 11 is 1.22. The summed E-state index contributed by atoms with van der Waals surface area (Å²) in [6, 6.07) is 2.92. The van der Waals surface area contributed by atoms with Crippen LogP contribution >= 0.6 is 11.3 Å². The van der Waals surface area contributed by atoms with Crippen LogP contribution in [0.15, 0.2) is 12.1 Å². The lowest BCUT2D eigenvalue weighted by atomic mass is 9.81. The molecule has 8 heteroatoms. The van der Waals surface area contributed by atoms with Crippen LogP contribution in [0.4, 0.5) is 0 Å². The molecule has 2 aromatic rings. The molecule has 0 amide bonds. The monoisotopic (exact) mass is 431 g/mol. The van der Waals surface area contributed by atoms with Crippen LogP contribution in [0.25, 0.3) is 0 Å². The van der Waals surface area contributed by atoms with Crippen LogP contribution < -0.4 is 5.32 Å². The van der Waals surface area contributed by atoms with Crippen molar-refractivity contribution in [1.29, 1.82) is 0 Å². The molecule has 4 rings (SSSR count). The molecule has 2 aliphatic rings. The number of nitrogens with one attached hydrogen (secondary N) is 1. The molecular weight excluding hydrogens is 406 g/mol. The Kier molecular flexibility index (Phi) is 5.32. The zero-order chi connectivity index (χ0) is 21.9. The molecule has 2 heterocycles. The van der Waals surface area contributed by atoms with Crippen molar-refractivity contribution >= 4 is 22.9 Å². The van der Waals surface area contributed by atoms with Crippen molar-refractivity contribution in [2.45, 2.75) is 57.6 Å². The molecule has 0 unspecified atom stereocenters. The van der Waals surface area contributed by atoms with E-state index in [1.54, 1.807) is 40.0 Å². The fraction of sp³-hybridized carbons (Fsp3) is 0.455. The number of carbonyl (C=O) groups excluding carboxylic acids is 2. The maximum Gasteiger partial charge on any atom is 0.199 e. The van der Waals surface area contributed by atoms with Gasteiger partial charge in [0.05, 0.1) is 35.5 Å². The number of rotatable bonds is 3. The molecule has 0 bridgehead atoms. The number of phenols is 1. The van der Waals surface area contributed by atoms with Crippen LogP contribution in [0, 0.1) is 6.92 Å². The number of ether oxygens (including phenoxy) is 1. The van der Waals surface area contributed by atoms with E-state index in [2.05, 4.69) is 5.32 Å². The second-order valence-corrected chi connectivity index (χ2v) is 9.24. The fourth-order valence-corrected chi connectivity index (χ4v) is 5.58. The van der Waals surface area contributed by atoms with Crippen molar-refractivity contribution in [3.8, 4) is 5.75 Å². The first kappa shape index (κ1) is 21.1. The number of aliphatic hydroxyl groups is 2. The highest BCUT2D eigenvalue weighted by Gasteiger charge is 2.41. The Morgan fingerprint density at radius 2 is 1.90 bits per heavy atom. The first-order chi connectivity index (χ1) is 14.2. The molecule has 1 saturated heterocycles. The number of aryl methyl sites for hydroxylation is 1. The predicted octanol–water partition coefficient (Wildman–Crippen LogP) is 2.39. The van der Waals surface area contributed by atoms with Gasteiger partial charge in [-0.2, -0.15) is 0 Å². The predicted molar refractivity (Wildman–Crippen MR) is 111 cm³/mol. The van der Waals surface area contributed by atoms with E-state index in [-0.39, 0.29) is 39.8 Å². The van der Waals surface area contributed by atoms with Crippen molar-refractivity contribution in [3.63, 3.8) is 0 Å². The summed E-state index contributed by atoms with van der Waals surface area (Å²) in [4.78, 5) is 27.6. The van der Waals surface area contributed by atoms with E-state index in [1.165, 1.54) is 11.3 Å². The summed E-state index contributed by atoms with van der Waals surface area (Å²) in [6.45, 7) is 5.05. The molecule has 5 atom stereocenters. The van der Waals surface area contributed by atoms with Crippen molar-refractivity contribution in [1.82, 2.24) is 5.32 Å². The first-order valence-electron chi connectivity index (χ1n) is 9.94. The summed E-state index contributed by atoms with van der Waals surface area (Å²) in [5.74, 6) is -1.05. The van der Waals surface area contributed by atoms with E-state index in [0.29, 0.717) is 21.7 Å². The van der Waals surface area contributed by atoms with Gasteiger partial charge in [-0.3, -0.25) is 9.59 Å². The number of phenolic OH excluding ortho intramolecular Hbond substituents is 1. The van der Waals surface area contributed by atoms with Crippen molar-refractivity contribution in [2.75, 3.05) is 7.05 Å². The summed E-state index contributed by atoms with van der Waals surface area (Å²) < 4.78 is 5.90. The number of aromatic hydroxyl groups is 1. The van der Waals surface area contributed by atoms with Crippen LogP contribution in [0.2, 0.25) is 0 Å². The molecule has 1 fully saturated rings. The van der Waals surface area contributed by atoms with Gasteiger partial charge < -0.3 is 25.4 Å². The Hall–Kier alpha value is -2.10.